The van der Waals surface area contributed by atoms with Gasteiger partial charge < -0.3 is 5.32 Å². The van der Waals surface area contributed by atoms with Crippen LogP contribution in [0.15, 0.2) is 0 Å². The van der Waals surface area contributed by atoms with Crippen molar-refractivity contribution in [2.24, 2.45) is 5.92 Å². The quantitative estimate of drug-likeness (QED) is 0.773. The molecule has 0 aromatic heterocycles. The van der Waals surface area contributed by atoms with Crippen molar-refractivity contribution in [1.29, 1.82) is 0 Å². The van der Waals surface area contributed by atoms with Gasteiger partial charge in [-0.15, -0.1) is 0 Å². The molecular weight excluding hydrogens is 184 g/mol. The molecule has 0 aliphatic carbocycles. The third kappa shape index (κ3) is 2.94. The van der Waals surface area contributed by atoms with Gasteiger partial charge in [-0.2, -0.15) is 0 Å². The number of nitrogens with one attached hydrogen (secondary N) is 1. The lowest BCUT2D eigenvalue weighted by molar-refractivity contribution is 0.0359. The Hall–Kier alpha value is -0.0800. The Bertz CT molecular complexity index is 201. The predicted molar refractivity (Wildman–Crippen MR) is 67.2 cm³/mol. The van der Waals surface area contributed by atoms with Gasteiger partial charge in [0.15, 0.2) is 0 Å². The molecule has 2 atom stereocenters. The van der Waals surface area contributed by atoms with Crippen LogP contribution in [0.4, 0.5) is 0 Å². The summed E-state index contributed by atoms with van der Waals surface area (Å²) in [7, 11) is 0. The van der Waals surface area contributed by atoms with E-state index in [1.54, 1.807) is 0 Å². The van der Waals surface area contributed by atoms with Gasteiger partial charge in [0.05, 0.1) is 0 Å². The molecule has 1 aliphatic heterocycles. The zero-order chi connectivity index (χ0) is 11.6. The largest absolute Gasteiger partial charge is 0.309 e. The summed E-state index contributed by atoms with van der Waals surface area (Å²) in [6, 6.07) is 1.36. The molecule has 2 unspecified atom stereocenters. The second-order valence-electron chi connectivity index (χ2n) is 5.87. The van der Waals surface area contributed by atoms with Crippen LogP contribution in [0.2, 0.25) is 0 Å². The van der Waals surface area contributed by atoms with Crippen LogP contribution in [-0.4, -0.2) is 35.6 Å². The van der Waals surface area contributed by atoms with E-state index >= 15 is 0 Å². The van der Waals surface area contributed by atoms with Gasteiger partial charge in [-0.1, -0.05) is 20.8 Å². The van der Waals surface area contributed by atoms with Gasteiger partial charge >= 0.3 is 0 Å². The molecule has 2 heteroatoms. The lowest BCUT2D eigenvalue weighted by atomic mass is 9.89. The molecule has 0 bridgehead atoms. The Balaban J connectivity index is 2.74. The molecular formula is C13H28N2. The first kappa shape index (κ1) is 13.0. The van der Waals surface area contributed by atoms with Gasteiger partial charge in [-0.05, 0) is 33.1 Å². The zero-order valence-corrected chi connectivity index (χ0v) is 11.3. The van der Waals surface area contributed by atoms with Crippen LogP contribution in [0.1, 0.15) is 48.0 Å². The van der Waals surface area contributed by atoms with E-state index < -0.39 is 0 Å². The summed E-state index contributed by atoms with van der Waals surface area (Å²) in [5.41, 5.74) is 0.315. The third-order valence-electron chi connectivity index (χ3n) is 3.91. The van der Waals surface area contributed by atoms with Crippen LogP contribution in [0.5, 0.6) is 0 Å². The van der Waals surface area contributed by atoms with Crippen LogP contribution >= 0.6 is 0 Å². The summed E-state index contributed by atoms with van der Waals surface area (Å²) < 4.78 is 0. The van der Waals surface area contributed by atoms with Gasteiger partial charge in [0.1, 0.15) is 0 Å². The summed E-state index contributed by atoms with van der Waals surface area (Å²) in [6.07, 6.45) is 1.21. The molecule has 1 fully saturated rings. The van der Waals surface area contributed by atoms with Crippen molar-refractivity contribution >= 4 is 0 Å². The fourth-order valence-electron chi connectivity index (χ4n) is 2.47. The van der Waals surface area contributed by atoms with Crippen LogP contribution in [0, 0.1) is 5.92 Å². The van der Waals surface area contributed by atoms with E-state index in [2.05, 4.69) is 51.8 Å². The average molecular weight is 212 g/mol. The molecule has 1 N–H and O–H groups in total. The molecule has 0 saturated carbocycles. The maximum atomic E-state index is 3.72. The van der Waals surface area contributed by atoms with Gasteiger partial charge in [0.25, 0.3) is 0 Å². The lowest BCUT2D eigenvalue weighted by Gasteiger charge is -2.49. The summed E-state index contributed by atoms with van der Waals surface area (Å²) in [4.78, 5) is 2.67. The van der Waals surface area contributed by atoms with Gasteiger partial charge in [-0.25, -0.2) is 0 Å². The van der Waals surface area contributed by atoms with Crippen molar-refractivity contribution in [2.75, 3.05) is 13.1 Å². The summed E-state index contributed by atoms with van der Waals surface area (Å²) >= 11 is 0. The monoisotopic (exact) mass is 212 g/mol. The molecule has 90 valence electrons. The Morgan fingerprint density at radius 3 is 2.33 bits per heavy atom. The van der Waals surface area contributed by atoms with E-state index in [1.165, 1.54) is 13.0 Å². The number of piperazine rings is 1. The number of nitrogens with zero attached hydrogens (tertiary/aromatic N) is 1. The number of hydrogen-bond acceptors (Lipinski definition) is 2. The van der Waals surface area contributed by atoms with Crippen molar-refractivity contribution in [3.8, 4) is 0 Å². The lowest BCUT2D eigenvalue weighted by Crippen LogP contribution is -2.65. The van der Waals surface area contributed by atoms with E-state index in [4.69, 9.17) is 0 Å². The molecule has 0 amide bonds. The van der Waals surface area contributed by atoms with Crippen LogP contribution in [0.25, 0.3) is 0 Å². The summed E-state index contributed by atoms with van der Waals surface area (Å²) in [5.74, 6) is 0.737. The predicted octanol–water partition coefficient (Wildman–Crippen LogP) is 2.49. The van der Waals surface area contributed by atoms with E-state index in [-0.39, 0.29) is 0 Å². The molecule has 2 nitrogen and oxygen atoms in total. The first-order chi connectivity index (χ1) is 6.89. The van der Waals surface area contributed by atoms with Crippen LogP contribution < -0.4 is 5.32 Å². The highest BCUT2D eigenvalue weighted by Crippen LogP contribution is 2.24. The molecule has 15 heavy (non-hydrogen) atoms. The normalized spacial score (nSPS) is 34.0. The second kappa shape index (κ2) is 4.84. The first-order valence-corrected chi connectivity index (χ1v) is 6.40. The Morgan fingerprint density at radius 2 is 1.93 bits per heavy atom. The maximum Gasteiger partial charge on any atom is 0.0278 e. The van der Waals surface area contributed by atoms with Crippen molar-refractivity contribution in [1.82, 2.24) is 10.2 Å². The van der Waals surface area contributed by atoms with Gasteiger partial charge in [0.2, 0.25) is 0 Å². The highest BCUT2D eigenvalue weighted by molar-refractivity contribution is 4.96. The zero-order valence-electron chi connectivity index (χ0n) is 11.3. The summed E-state index contributed by atoms with van der Waals surface area (Å²) in [5, 5.41) is 3.72. The smallest absolute Gasteiger partial charge is 0.0278 e. The van der Waals surface area contributed by atoms with E-state index in [0.717, 1.165) is 12.5 Å². The highest BCUT2D eigenvalue weighted by atomic mass is 15.3. The van der Waals surface area contributed by atoms with Gasteiger partial charge in [0, 0.05) is 30.7 Å². The standard InChI is InChI=1S/C13H28N2/c1-7-13(6)9-15(11(4)5)12(8-14-13)10(2)3/h10-12,14H,7-9H2,1-6H3. The average Bonchev–Trinajstić information content (AvgIpc) is 2.17. The maximum absolute atomic E-state index is 3.72. The van der Waals surface area contributed by atoms with Crippen LogP contribution in [0.3, 0.4) is 0 Å². The minimum Gasteiger partial charge on any atom is -0.309 e. The van der Waals surface area contributed by atoms with E-state index in [1.807, 2.05) is 0 Å². The molecule has 0 aromatic carbocycles. The number of hydrogen-bond donors (Lipinski definition) is 1. The molecule has 0 spiro atoms. The minimum absolute atomic E-state index is 0.315. The number of rotatable bonds is 3. The molecule has 1 aliphatic rings. The van der Waals surface area contributed by atoms with Gasteiger partial charge in [-0.3, -0.25) is 4.90 Å². The fraction of sp³-hybridized carbons (Fsp3) is 1.00. The molecule has 1 rings (SSSR count). The molecule has 1 saturated heterocycles. The van der Waals surface area contributed by atoms with Crippen LogP contribution in [-0.2, 0) is 0 Å². The Morgan fingerprint density at radius 1 is 1.33 bits per heavy atom. The van der Waals surface area contributed by atoms with Crippen molar-refractivity contribution in [2.45, 2.75) is 65.6 Å². The Kier molecular flexibility index (Phi) is 4.19. The summed E-state index contributed by atoms with van der Waals surface area (Å²) in [6.45, 7) is 16.2. The van der Waals surface area contributed by atoms with Crippen molar-refractivity contribution < 1.29 is 0 Å². The minimum atomic E-state index is 0.315. The van der Waals surface area contributed by atoms with E-state index in [9.17, 15) is 0 Å². The highest BCUT2D eigenvalue weighted by Gasteiger charge is 2.36. The molecule has 0 radical (unpaired) electrons. The topological polar surface area (TPSA) is 15.3 Å². The second-order valence-corrected chi connectivity index (χ2v) is 5.87. The Labute approximate surface area is 95.4 Å². The SMILES string of the molecule is CCC1(C)CN(C(C)C)C(C(C)C)CN1. The molecule has 0 aromatic rings. The van der Waals surface area contributed by atoms with Crippen molar-refractivity contribution in [3.63, 3.8) is 0 Å². The third-order valence-corrected chi connectivity index (χ3v) is 3.91. The fourth-order valence-corrected chi connectivity index (χ4v) is 2.47. The van der Waals surface area contributed by atoms with Crippen molar-refractivity contribution in [3.05, 3.63) is 0 Å². The van der Waals surface area contributed by atoms with E-state index in [0.29, 0.717) is 17.6 Å². The first-order valence-electron chi connectivity index (χ1n) is 6.40. The molecule has 1 heterocycles.